The van der Waals surface area contributed by atoms with Crippen molar-refractivity contribution >= 4 is 22.7 Å². The van der Waals surface area contributed by atoms with Gasteiger partial charge < -0.3 is 14.9 Å². The molecule has 0 fully saturated rings. The van der Waals surface area contributed by atoms with Gasteiger partial charge in [0.15, 0.2) is 0 Å². The highest BCUT2D eigenvalue weighted by molar-refractivity contribution is 5.90. The van der Waals surface area contributed by atoms with Gasteiger partial charge in [-0.05, 0) is 23.3 Å². The van der Waals surface area contributed by atoms with Crippen LogP contribution in [0.4, 0.5) is 5.69 Å². The number of nitro groups is 1. The number of aromatic carboxylic acids is 1. The van der Waals surface area contributed by atoms with E-state index in [0.717, 1.165) is 0 Å². The summed E-state index contributed by atoms with van der Waals surface area (Å²) in [4.78, 5) is 40.1. The molecule has 1 N–H and O–H groups in total. The van der Waals surface area contributed by atoms with Gasteiger partial charge in [-0.3, -0.25) is 14.9 Å². The predicted octanol–water partition coefficient (Wildman–Crippen LogP) is 0.786. The van der Waals surface area contributed by atoms with Gasteiger partial charge >= 0.3 is 0 Å². The monoisotopic (exact) mass is 324 g/mol. The molecule has 8 heteroatoms. The summed E-state index contributed by atoms with van der Waals surface area (Å²) in [5.74, 6) is -1.34. The molecular formula is C16H10N3O5-. The molecule has 24 heavy (non-hydrogen) atoms. The van der Waals surface area contributed by atoms with Gasteiger partial charge in [-0.25, -0.2) is 4.98 Å². The average Bonchev–Trinajstić information content (AvgIpc) is 2.55. The maximum absolute atomic E-state index is 12.1. The minimum Gasteiger partial charge on any atom is -0.545 e. The molecule has 0 atom stereocenters. The number of aromatic amines is 1. The van der Waals surface area contributed by atoms with E-state index in [2.05, 4.69) is 9.97 Å². The maximum atomic E-state index is 12.1. The normalized spacial score (nSPS) is 10.7. The molecule has 0 saturated heterocycles. The van der Waals surface area contributed by atoms with Crippen molar-refractivity contribution in [1.82, 2.24) is 9.97 Å². The topological polar surface area (TPSA) is 129 Å². The van der Waals surface area contributed by atoms with Gasteiger partial charge in [0, 0.05) is 18.6 Å². The molecular weight excluding hydrogens is 314 g/mol. The average molecular weight is 324 g/mol. The van der Waals surface area contributed by atoms with Gasteiger partial charge in [0.1, 0.15) is 5.69 Å². The number of nitrogens with one attached hydrogen (secondary N) is 1. The summed E-state index contributed by atoms with van der Waals surface area (Å²) in [5, 5.41) is 21.7. The van der Waals surface area contributed by atoms with Crippen LogP contribution in [0, 0.1) is 10.1 Å². The first kappa shape index (κ1) is 15.3. The molecule has 0 bridgehead atoms. The Morgan fingerprint density at radius 1 is 1.21 bits per heavy atom. The van der Waals surface area contributed by atoms with Gasteiger partial charge in [0.2, 0.25) is 0 Å². The molecule has 0 spiro atoms. The Morgan fingerprint density at radius 2 is 2.00 bits per heavy atom. The summed E-state index contributed by atoms with van der Waals surface area (Å²) in [7, 11) is 0. The Balaban J connectivity index is 2.04. The molecule has 0 aliphatic rings. The van der Waals surface area contributed by atoms with Crippen molar-refractivity contribution < 1.29 is 14.8 Å². The quantitative estimate of drug-likeness (QED) is 0.558. The fourth-order valence-corrected chi connectivity index (χ4v) is 2.34. The fourth-order valence-electron chi connectivity index (χ4n) is 2.34. The first-order chi connectivity index (χ1) is 11.4. The van der Waals surface area contributed by atoms with Crippen molar-refractivity contribution in [3.05, 3.63) is 79.8 Å². The number of rotatable bonds is 4. The van der Waals surface area contributed by atoms with E-state index in [9.17, 15) is 24.8 Å². The first-order valence-electron chi connectivity index (χ1n) is 6.91. The third kappa shape index (κ3) is 2.98. The number of carboxylic acids is 1. The van der Waals surface area contributed by atoms with Crippen molar-refractivity contribution in [2.24, 2.45) is 0 Å². The minimum atomic E-state index is -1.34. The number of aromatic nitrogens is 2. The van der Waals surface area contributed by atoms with Gasteiger partial charge in [-0.1, -0.05) is 18.2 Å². The summed E-state index contributed by atoms with van der Waals surface area (Å²) in [6.45, 7) is 0. The number of carbonyl (C=O) groups excluding carboxylic acids is 1. The zero-order chi connectivity index (χ0) is 17.3. The number of H-pyrrole nitrogens is 1. The lowest BCUT2D eigenvalue weighted by molar-refractivity contribution is -0.384. The van der Waals surface area contributed by atoms with Gasteiger partial charge in [0.25, 0.3) is 11.2 Å². The highest BCUT2D eigenvalue weighted by Gasteiger charge is 2.10. The number of benzene rings is 2. The van der Waals surface area contributed by atoms with Crippen molar-refractivity contribution in [3.8, 4) is 0 Å². The number of fused-ring (bicyclic) bond motifs is 1. The smallest absolute Gasteiger partial charge is 0.270 e. The number of carboxylic acid groups (broad SMARTS) is 1. The predicted molar refractivity (Wildman–Crippen MR) is 82.6 cm³/mol. The molecule has 0 aliphatic carbocycles. The second kappa shape index (κ2) is 5.92. The van der Waals surface area contributed by atoms with Crippen LogP contribution in [-0.4, -0.2) is 20.9 Å². The standard InChI is InChI=1S/C16H11N3O5/c20-15-14(7-9-2-1-3-11(6-9)19(23)24)17-13-8-10(16(21)22)4-5-12(13)18-15/h1-6,8H,7H2,(H,18,20)(H,21,22)/p-1. The van der Waals surface area contributed by atoms with Crippen molar-refractivity contribution in [2.75, 3.05) is 0 Å². The lowest BCUT2D eigenvalue weighted by Gasteiger charge is -2.06. The van der Waals surface area contributed by atoms with Crippen LogP contribution < -0.4 is 10.7 Å². The van der Waals surface area contributed by atoms with E-state index < -0.39 is 16.5 Å². The molecule has 0 saturated carbocycles. The molecule has 0 radical (unpaired) electrons. The van der Waals surface area contributed by atoms with Crippen LogP contribution in [0.5, 0.6) is 0 Å². The van der Waals surface area contributed by atoms with Crippen molar-refractivity contribution in [3.63, 3.8) is 0 Å². The van der Waals surface area contributed by atoms with Crippen LogP contribution in [-0.2, 0) is 6.42 Å². The summed E-state index contributed by atoms with van der Waals surface area (Å²) in [6, 6.07) is 9.95. The second-order valence-electron chi connectivity index (χ2n) is 5.14. The maximum Gasteiger partial charge on any atom is 0.270 e. The van der Waals surface area contributed by atoms with Crippen LogP contribution >= 0.6 is 0 Å². The molecule has 120 valence electrons. The fraction of sp³-hybridized carbons (Fsp3) is 0.0625. The Morgan fingerprint density at radius 3 is 2.71 bits per heavy atom. The Labute approximate surface area is 134 Å². The largest absolute Gasteiger partial charge is 0.545 e. The number of nitrogens with zero attached hydrogens (tertiary/aromatic N) is 2. The number of carbonyl (C=O) groups is 1. The number of hydrogen-bond donors (Lipinski definition) is 1. The van der Waals surface area contributed by atoms with Crippen molar-refractivity contribution in [1.29, 1.82) is 0 Å². The molecule has 0 aliphatic heterocycles. The van der Waals surface area contributed by atoms with Crippen molar-refractivity contribution in [2.45, 2.75) is 6.42 Å². The first-order valence-corrected chi connectivity index (χ1v) is 6.91. The summed E-state index contributed by atoms with van der Waals surface area (Å²) in [5.41, 5.74) is 0.822. The van der Waals surface area contributed by atoms with Crippen LogP contribution in [0.3, 0.4) is 0 Å². The van der Waals surface area contributed by atoms with E-state index in [1.165, 1.54) is 36.4 Å². The lowest BCUT2D eigenvalue weighted by Crippen LogP contribution is -2.22. The molecule has 3 aromatic rings. The van der Waals surface area contributed by atoms with Gasteiger partial charge in [0.05, 0.1) is 21.9 Å². The molecule has 0 amide bonds. The number of hydrogen-bond acceptors (Lipinski definition) is 6. The van der Waals surface area contributed by atoms with Crippen LogP contribution in [0.15, 0.2) is 47.3 Å². The second-order valence-corrected chi connectivity index (χ2v) is 5.14. The Kier molecular flexibility index (Phi) is 3.78. The van der Waals surface area contributed by atoms with Crippen LogP contribution in [0.2, 0.25) is 0 Å². The van der Waals surface area contributed by atoms with E-state index in [4.69, 9.17) is 0 Å². The zero-order valence-electron chi connectivity index (χ0n) is 12.2. The molecule has 3 rings (SSSR count). The number of non-ortho nitro benzene ring substituents is 1. The third-order valence-electron chi connectivity index (χ3n) is 3.49. The van der Waals surface area contributed by atoms with E-state index in [1.54, 1.807) is 6.07 Å². The third-order valence-corrected chi connectivity index (χ3v) is 3.49. The van der Waals surface area contributed by atoms with E-state index >= 15 is 0 Å². The molecule has 1 aromatic heterocycles. The summed E-state index contributed by atoms with van der Waals surface area (Å²) >= 11 is 0. The summed E-state index contributed by atoms with van der Waals surface area (Å²) in [6.07, 6.45) is 0.0858. The van der Waals surface area contributed by atoms with E-state index in [-0.39, 0.29) is 23.4 Å². The Hall–Kier alpha value is -3.55. The molecule has 8 nitrogen and oxygen atoms in total. The van der Waals surface area contributed by atoms with Gasteiger partial charge in [-0.2, -0.15) is 0 Å². The van der Waals surface area contributed by atoms with E-state index in [1.807, 2.05) is 0 Å². The highest BCUT2D eigenvalue weighted by Crippen LogP contribution is 2.16. The Bertz CT molecular complexity index is 1030. The lowest BCUT2D eigenvalue weighted by atomic mass is 10.1. The number of nitro benzene ring substituents is 1. The van der Waals surface area contributed by atoms with Crippen LogP contribution in [0.1, 0.15) is 21.6 Å². The highest BCUT2D eigenvalue weighted by atomic mass is 16.6. The van der Waals surface area contributed by atoms with Gasteiger partial charge in [-0.15, -0.1) is 0 Å². The SMILES string of the molecule is O=C([O-])c1ccc2[nH]c(=O)c(Cc3cccc([N+](=O)[O-])c3)nc2c1. The van der Waals surface area contributed by atoms with E-state index in [0.29, 0.717) is 16.6 Å². The molecule has 2 aromatic carbocycles. The molecule has 0 unspecified atom stereocenters. The minimum absolute atomic E-state index is 0.0525. The summed E-state index contributed by atoms with van der Waals surface area (Å²) < 4.78 is 0. The van der Waals surface area contributed by atoms with Crippen LogP contribution in [0.25, 0.3) is 11.0 Å². The zero-order valence-corrected chi connectivity index (χ0v) is 12.2. The molecule has 1 heterocycles.